The van der Waals surface area contributed by atoms with E-state index < -0.39 is 11.8 Å². The summed E-state index contributed by atoms with van der Waals surface area (Å²) in [6.45, 7) is 8.41. The Balaban J connectivity index is 2.00. The van der Waals surface area contributed by atoms with Crippen LogP contribution in [0.2, 0.25) is 0 Å². The fraction of sp³-hybridized carbons (Fsp3) is 0.320. The van der Waals surface area contributed by atoms with Gasteiger partial charge in [0.05, 0.1) is 12.0 Å². The molecule has 0 spiro atoms. The van der Waals surface area contributed by atoms with Crippen LogP contribution in [0.25, 0.3) is 0 Å². The van der Waals surface area contributed by atoms with Crippen LogP contribution in [0.5, 0.6) is 5.75 Å². The van der Waals surface area contributed by atoms with E-state index in [4.69, 9.17) is 16.3 Å². The number of benzene rings is 2. The second-order valence-corrected chi connectivity index (χ2v) is 8.59. The Morgan fingerprint density at radius 3 is 2.48 bits per heavy atom. The number of halogens is 1. The Labute approximate surface area is 170 Å². The summed E-state index contributed by atoms with van der Waals surface area (Å²) in [5.41, 5.74) is 2.54. The van der Waals surface area contributed by atoms with Gasteiger partial charge in [0.2, 0.25) is 0 Å². The number of terminal acetylenes is 1. The van der Waals surface area contributed by atoms with E-state index in [2.05, 4.69) is 31.6 Å². The van der Waals surface area contributed by atoms with E-state index in [0.29, 0.717) is 11.1 Å². The molecule has 0 amide bonds. The molecule has 0 aliphatic carbocycles. The van der Waals surface area contributed by atoms with Crippen LogP contribution in [-0.4, -0.2) is 16.7 Å². The molecular formula is C25H23FO3. The van der Waals surface area contributed by atoms with E-state index in [1.165, 1.54) is 12.1 Å². The fourth-order valence-corrected chi connectivity index (χ4v) is 3.97. The maximum atomic E-state index is 14.1. The van der Waals surface area contributed by atoms with Gasteiger partial charge in [-0.1, -0.05) is 37.7 Å². The largest absolute Gasteiger partial charge is 0.486 e. The van der Waals surface area contributed by atoms with Crippen molar-refractivity contribution in [2.45, 2.75) is 51.6 Å². The van der Waals surface area contributed by atoms with Crippen LogP contribution in [0, 0.1) is 30.0 Å². The number of carboxylic acids is 1. The van der Waals surface area contributed by atoms with Crippen molar-refractivity contribution in [1.82, 2.24) is 0 Å². The highest BCUT2D eigenvalue weighted by atomic mass is 19.1. The highest BCUT2D eigenvalue weighted by Gasteiger charge is 2.40. The predicted molar refractivity (Wildman–Crippen MR) is 110 cm³/mol. The van der Waals surface area contributed by atoms with Crippen molar-refractivity contribution >= 4 is 5.97 Å². The topological polar surface area (TPSA) is 46.5 Å². The van der Waals surface area contributed by atoms with Gasteiger partial charge in [-0.25, -0.2) is 4.39 Å². The van der Waals surface area contributed by atoms with Crippen LogP contribution < -0.4 is 4.74 Å². The van der Waals surface area contributed by atoms with Crippen LogP contribution in [0.1, 0.15) is 61.9 Å². The van der Waals surface area contributed by atoms with Crippen LogP contribution >= 0.6 is 0 Å². The van der Waals surface area contributed by atoms with Gasteiger partial charge < -0.3 is 9.84 Å². The molecule has 0 saturated heterocycles. The highest BCUT2D eigenvalue weighted by Crippen LogP contribution is 2.46. The molecule has 0 aromatic heterocycles. The summed E-state index contributed by atoms with van der Waals surface area (Å²) in [6, 6.07) is 8.10. The first-order valence-corrected chi connectivity index (χ1v) is 9.37. The number of hydrogen-bond acceptors (Lipinski definition) is 2. The Hall–Kier alpha value is -3.24. The molecular weight excluding hydrogens is 367 g/mol. The smallest absolute Gasteiger partial charge is 0.307 e. The Bertz CT molecular complexity index is 1090. The second-order valence-electron chi connectivity index (χ2n) is 8.59. The van der Waals surface area contributed by atoms with Gasteiger partial charge in [0.15, 0.2) is 0 Å². The number of aliphatic carboxylic acids is 1. The van der Waals surface area contributed by atoms with Gasteiger partial charge in [0.1, 0.15) is 17.2 Å². The van der Waals surface area contributed by atoms with E-state index in [1.807, 2.05) is 19.9 Å². The minimum absolute atomic E-state index is 0.132. The second kappa shape index (κ2) is 7.30. The van der Waals surface area contributed by atoms with Crippen LogP contribution in [0.4, 0.5) is 4.39 Å². The third kappa shape index (κ3) is 4.44. The number of hydrogen-bond donors (Lipinski definition) is 1. The first-order chi connectivity index (χ1) is 13.5. The van der Waals surface area contributed by atoms with Gasteiger partial charge in [0.25, 0.3) is 0 Å². The zero-order valence-electron chi connectivity index (χ0n) is 17.0. The molecule has 2 aromatic rings. The average Bonchev–Trinajstić information content (AvgIpc) is 2.60. The van der Waals surface area contributed by atoms with Crippen molar-refractivity contribution in [2.24, 2.45) is 0 Å². The number of fused-ring (bicyclic) bond motifs is 1. The first-order valence-electron chi connectivity index (χ1n) is 9.37. The van der Waals surface area contributed by atoms with Crippen molar-refractivity contribution in [3.05, 3.63) is 64.0 Å². The molecule has 4 heteroatoms. The highest BCUT2D eigenvalue weighted by molar-refractivity contribution is 5.70. The number of carbonyl (C=O) groups is 1. The molecule has 3 rings (SSSR count). The molecule has 1 heterocycles. The number of carboxylic acid groups (broad SMARTS) is 1. The molecule has 148 valence electrons. The first kappa shape index (κ1) is 20.5. The van der Waals surface area contributed by atoms with Gasteiger partial charge >= 0.3 is 5.97 Å². The minimum atomic E-state index is -1.08. The minimum Gasteiger partial charge on any atom is -0.486 e. The third-order valence-electron chi connectivity index (χ3n) is 4.97. The summed E-state index contributed by atoms with van der Waals surface area (Å²) >= 11 is 0. The van der Waals surface area contributed by atoms with Gasteiger partial charge in [-0.3, -0.25) is 4.79 Å². The molecule has 1 N–H and O–H groups in total. The van der Waals surface area contributed by atoms with E-state index in [1.54, 1.807) is 12.1 Å². The van der Waals surface area contributed by atoms with E-state index >= 15 is 0 Å². The lowest BCUT2D eigenvalue weighted by molar-refractivity contribution is -0.136. The van der Waals surface area contributed by atoms with Gasteiger partial charge in [0, 0.05) is 16.7 Å². The Morgan fingerprint density at radius 1 is 1.17 bits per heavy atom. The van der Waals surface area contributed by atoms with Crippen molar-refractivity contribution < 1.29 is 19.0 Å². The fourth-order valence-electron chi connectivity index (χ4n) is 3.97. The summed E-state index contributed by atoms with van der Waals surface area (Å²) in [7, 11) is 0. The molecule has 1 aliphatic heterocycles. The average molecular weight is 390 g/mol. The summed E-state index contributed by atoms with van der Waals surface area (Å²) < 4.78 is 20.2. The van der Waals surface area contributed by atoms with Crippen molar-refractivity contribution in [2.75, 3.05) is 0 Å². The Morgan fingerprint density at radius 2 is 1.86 bits per heavy atom. The summed E-state index contributed by atoms with van der Waals surface area (Å²) in [5, 5.41) is 8.81. The molecule has 0 radical (unpaired) electrons. The third-order valence-corrected chi connectivity index (χ3v) is 4.97. The molecule has 3 nitrogen and oxygen atoms in total. The molecule has 0 saturated carbocycles. The van der Waals surface area contributed by atoms with Crippen LogP contribution in [0.15, 0.2) is 30.3 Å². The van der Waals surface area contributed by atoms with E-state index in [-0.39, 0.29) is 23.0 Å². The predicted octanol–water partition coefficient (Wildman–Crippen LogP) is 4.67. The molecule has 0 unspecified atom stereocenters. The zero-order chi connectivity index (χ0) is 21.4. The normalized spacial score (nSPS) is 15.9. The molecule has 1 aliphatic rings. The lowest BCUT2D eigenvalue weighted by atomic mass is 9.72. The molecule has 0 atom stereocenters. The molecule has 0 fully saturated rings. The Kier molecular flexibility index (Phi) is 5.16. The van der Waals surface area contributed by atoms with Crippen molar-refractivity contribution in [1.29, 1.82) is 0 Å². The van der Waals surface area contributed by atoms with E-state index in [0.717, 1.165) is 23.3 Å². The van der Waals surface area contributed by atoms with Gasteiger partial charge in [-0.15, -0.1) is 6.42 Å². The maximum absolute atomic E-state index is 14.1. The number of rotatable bonds is 2. The van der Waals surface area contributed by atoms with Gasteiger partial charge in [-0.05, 0) is 55.5 Å². The monoisotopic (exact) mass is 390 g/mol. The number of ether oxygens (including phenoxy) is 1. The summed E-state index contributed by atoms with van der Waals surface area (Å²) in [6.07, 6.45) is 6.21. The molecule has 29 heavy (non-hydrogen) atoms. The zero-order valence-corrected chi connectivity index (χ0v) is 17.0. The molecule has 2 aromatic carbocycles. The molecule has 0 bridgehead atoms. The van der Waals surface area contributed by atoms with Crippen LogP contribution in [0.3, 0.4) is 0 Å². The lowest BCUT2D eigenvalue weighted by Gasteiger charge is -2.43. The van der Waals surface area contributed by atoms with Crippen LogP contribution in [-0.2, 0) is 16.6 Å². The lowest BCUT2D eigenvalue weighted by Crippen LogP contribution is -2.41. The van der Waals surface area contributed by atoms with E-state index in [9.17, 15) is 9.18 Å². The SMILES string of the molecule is C#Cc1cc(C#Cc2ccc(CC(=O)O)c(F)c2)cc2c1OC(C)(C)CC2(C)C. The van der Waals surface area contributed by atoms with Crippen molar-refractivity contribution in [3.63, 3.8) is 0 Å². The summed E-state index contributed by atoms with van der Waals surface area (Å²) in [5.74, 6) is 7.75. The standard InChI is InChI=1S/C25H23FO3/c1-6-18-11-17(12-20-23(18)29-25(4,5)15-24(20,2)3)8-7-16-9-10-19(14-22(27)28)21(26)13-16/h1,9-13H,14-15H2,2-5H3,(H,27,28). The maximum Gasteiger partial charge on any atom is 0.307 e. The summed E-state index contributed by atoms with van der Waals surface area (Å²) in [4.78, 5) is 10.8. The van der Waals surface area contributed by atoms with Gasteiger partial charge in [-0.2, -0.15) is 0 Å². The quantitative estimate of drug-likeness (QED) is 0.758. The van der Waals surface area contributed by atoms with Crippen molar-refractivity contribution in [3.8, 4) is 29.9 Å².